The summed E-state index contributed by atoms with van der Waals surface area (Å²) in [6.45, 7) is -0.496. The first-order chi connectivity index (χ1) is 17.8. The number of sulfonamides is 1. The lowest BCUT2D eigenvalue weighted by Crippen LogP contribution is -2.39. The van der Waals surface area contributed by atoms with Crippen LogP contribution in [0, 0.1) is 0 Å². The summed E-state index contributed by atoms with van der Waals surface area (Å²) in [6, 6.07) is 18.4. The minimum absolute atomic E-state index is 0.0268. The first-order valence-corrected chi connectivity index (χ1v) is 12.6. The summed E-state index contributed by atoms with van der Waals surface area (Å²) in [7, 11) is 1.82. The third-order valence-corrected chi connectivity index (χ3v) is 7.14. The van der Waals surface area contributed by atoms with Gasteiger partial charge in [0.05, 0.1) is 46.1 Å². The van der Waals surface area contributed by atoms with E-state index in [1.165, 1.54) is 45.7 Å². The molecule has 11 heteroatoms. The number of hydrogen-bond donors (Lipinski definition) is 1. The molecule has 0 aliphatic rings. The van der Waals surface area contributed by atoms with Crippen LogP contribution in [0.25, 0.3) is 0 Å². The normalized spacial score (nSPS) is 11.4. The summed E-state index contributed by atoms with van der Waals surface area (Å²) in [6.07, 6.45) is 1.40. The molecule has 3 aromatic rings. The van der Waals surface area contributed by atoms with Crippen molar-refractivity contribution in [2.45, 2.75) is 11.4 Å². The second-order valence-corrected chi connectivity index (χ2v) is 9.61. The van der Waals surface area contributed by atoms with Gasteiger partial charge in [-0.2, -0.15) is 9.41 Å². The Morgan fingerprint density at radius 3 is 2.22 bits per heavy atom. The fourth-order valence-electron chi connectivity index (χ4n) is 3.43. The van der Waals surface area contributed by atoms with Gasteiger partial charge in [0.25, 0.3) is 5.91 Å². The Labute approximate surface area is 216 Å². The number of methoxy groups -OCH3 is 4. The zero-order valence-corrected chi connectivity index (χ0v) is 21.8. The Morgan fingerprint density at radius 2 is 1.57 bits per heavy atom. The molecular weight excluding hydrogens is 498 g/mol. The second-order valence-electron chi connectivity index (χ2n) is 7.68. The topological polar surface area (TPSA) is 116 Å². The minimum atomic E-state index is -4.10. The maximum atomic E-state index is 13.6. The van der Waals surface area contributed by atoms with Crippen LogP contribution in [0.3, 0.4) is 0 Å². The summed E-state index contributed by atoms with van der Waals surface area (Å²) < 4.78 is 49.1. The number of amides is 1. The number of nitrogens with one attached hydrogen (secondary N) is 1. The maximum absolute atomic E-state index is 13.6. The molecule has 0 aliphatic carbocycles. The van der Waals surface area contributed by atoms with E-state index in [0.717, 1.165) is 4.31 Å². The van der Waals surface area contributed by atoms with Gasteiger partial charge in [-0.15, -0.1) is 0 Å². The summed E-state index contributed by atoms with van der Waals surface area (Å²) >= 11 is 0. The third kappa shape index (κ3) is 6.99. The molecule has 0 bridgehead atoms. The van der Waals surface area contributed by atoms with Crippen molar-refractivity contribution in [3.8, 4) is 23.0 Å². The van der Waals surface area contributed by atoms with E-state index >= 15 is 0 Å². The average Bonchev–Trinajstić information content (AvgIpc) is 2.92. The van der Waals surface area contributed by atoms with E-state index in [1.54, 1.807) is 49.6 Å². The predicted molar refractivity (Wildman–Crippen MR) is 139 cm³/mol. The van der Waals surface area contributed by atoms with Crippen LogP contribution in [-0.4, -0.2) is 59.8 Å². The van der Waals surface area contributed by atoms with Crippen molar-refractivity contribution in [2.75, 3.05) is 35.0 Å². The highest BCUT2D eigenvalue weighted by Gasteiger charge is 2.28. The lowest BCUT2D eigenvalue weighted by atomic mass is 10.2. The average molecular weight is 528 g/mol. The molecule has 0 heterocycles. The van der Waals surface area contributed by atoms with Gasteiger partial charge in [-0.05, 0) is 29.8 Å². The highest BCUT2D eigenvalue weighted by molar-refractivity contribution is 7.89. The molecule has 3 rings (SSSR count). The van der Waals surface area contributed by atoms with Gasteiger partial charge >= 0.3 is 0 Å². The van der Waals surface area contributed by atoms with Crippen LogP contribution >= 0.6 is 0 Å². The lowest BCUT2D eigenvalue weighted by Gasteiger charge is -2.22. The fourth-order valence-corrected chi connectivity index (χ4v) is 4.83. The van der Waals surface area contributed by atoms with Crippen LogP contribution in [0.1, 0.15) is 11.1 Å². The number of nitrogens with zero attached hydrogens (tertiary/aromatic N) is 2. The number of hydrogen-bond acceptors (Lipinski definition) is 8. The van der Waals surface area contributed by atoms with E-state index in [1.807, 2.05) is 6.07 Å². The second kappa shape index (κ2) is 12.7. The number of benzene rings is 3. The van der Waals surface area contributed by atoms with Crippen LogP contribution in [0.5, 0.6) is 23.0 Å². The van der Waals surface area contributed by atoms with Crippen molar-refractivity contribution >= 4 is 22.1 Å². The molecule has 196 valence electrons. The zero-order chi connectivity index (χ0) is 26.8. The lowest BCUT2D eigenvalue weighted by molar-refractivity contribution is -0.121. The van der Waals surface area contributed by atoms with E-state index in [0.29, 0.717) is 28.4 Å². The molecule has 0 radical (unpaired) electrons. The molecule has 37 heavy (non-hydrogen) atoms. The molecule has 1 N–H and O–H groups in total. The summed E-state index contributed by atoms with van der Waals surface area (Å²) in [5, 5.41) is 3.97. The number of carbonyl (C=O) groups is 1. The minimum Gasteiger partial charge on any atom is -0.497 e. The van der Waals surface area contributed by atoms with Gasteiger partial charge in [0.15, 0.2) is 11.5 Å². The van der Waals surface area contributed by atoms with Gasteiger partial charge in [0.1, 0.15) is 11.5 Å². The van der Waals surface area contributed by atoms with Crippen LogP contribution in [0.4, 0.5) is 0 Å². The smallest absolute Gasteiger partial charge is 0.255 e. The Bertz CT molecular complexity index is 1350. The van der Waals surface area contributed by atoms with Gasteiger partial charge in [-0.3, -0.25) is 4.79 Å². The van der Waals surface area contributed by atoms with Gasteiger partial charge in [-0.1, -0.05) is 30.3 Å². The molecule has 0 aromatic heterocycles. The van der Waals surface area contributed by atoms with Crippen LogP contribution in [0.15, 0.2) is 76.7 Å². The molecule has 0 atom stereocenters. The molecule has 0 spiro atoms. The molecule has 0 aliphatic heterocycles. The Hall–Kier alpha value is -4.09. The molecule has 0 unspecified atom stereocenters. The Morgan fingerprint density at radius 1 is 0.865 bits per heavy atom. The quantitative estimate of drug-likeness (QED) is 0.284. The van der Waals surface area contributed by atoms with Crippen molar-refractivity contribution in [3.63, 3.8) is 0 Å². The van der Waals surface area contributed by atoms with Gasteiger partial charge in [-0.25, -0.2) is 13.8 Å². The maximum Gasteiger partial charge on any atom is 0.255 e. The number of rotatable bonds is 12. The van der Waals surface area contributed by atoms with E-state index in [4.69, 9.17) is 18.9 Å². The zero-order valence-electron chi connectivity index (χ0n) is 21.0. The van der Waals surface area contributed by atoms with Gasteiger partial charge in [0.2, 0.25) is 10.0 Å². The fraction of sp³-hybridized carbons (Fsp3) is 0.231. The number of carbonyl (C=O) groups excluding carboxylic acids is 1. The molecular formula is C26H29N3O7S. The molecule has 3 aromatic carbocycles. The Balaban J connectivity index is 1.83. The van der Waals surface area contributed by atoms with E-state index < -0.39 is 22.5 Å². The molecule has 0 fully saturated rings. The largest absolute Gasteiger partial charge is 0.497 e. The number of hydrazone groups is 1. The van der Waals surface area contributed by atoms with Gasteiger partial charge < -0.3 is 18.9 Å². The van der Waals surface area contributed by atoms with Gasteiger partial charge in [0, 0.05) is 24.2 Å². The third-order valence-electron chi connectivity index (χ3n) is 5.35. The number of ether oxygens (including phenoxy) is 4. The van der Waals surface area contributed by atoms with Crippen LogP contribution in [-0.2, 0) is 21.4 Å². The standard InChI is InChI=1S/C26H29N3O7S/c1-33-21-11-10-20(24(14-21)35-3)16-27-28-26(30)18-29(17-19-8-6-5-7-9-19)37(31,32)22-12-13-23(34-2)25(15-22)36-4/h5-16H,17-18H2,1-4H3,(H,28,30)/b27-16-. The SMILES string of the molecule is COc1ccc(/C=N\NC(=O)CN(Cc2ccccc2)S(=O)(=O)c2ccc(OC)c(OC)c2)c(OC)c1. The first-order valence-electron chi connectivity index (χ1n) is 11.1. The molecule has 0 saturated heterocycles. The van der Waals surface area contributed by atoms with E-state index in [-0.39, 0.29) is 17.2 Å². The van der Waals surface area contributed by atoms with Crippen molar-refractivity contribution in [1.82, 2.24) is 9.73 Å². The first kappa shape index (κ1) is 27.5. The predicted octanol–water partition coefficient (Wildman–Crippen LogP) is 3.06. The monoisotopic (exact) mass is 527 g/mol. The van der Waals surface area contributed by atoms with Crippen LogP contribution < -0.4 is 24.4 Å². The van der Waals surface area contributed by atoms with E-state index in [9.17, 15) is 13.2 Å². The Kier molecular flexibility index (Phi) is 9.47. The molecule has 1 amide bonds. The van der Waals surface area contributed by atoms with Crippen LogP contribution in [0.2, 0.25) is 0 Å². The summed E-state index contributed by atoms with van der Waals surface area (Å²) in [4.78, 5) is 12.7. The summed E-state index contributed by atoms with van der Waals surface area (Å²) in [5.74, 6) is 1.13. The van der Waals surface area contributed by atoms with Crippen molar-refractivity contribution in [3.05, 3.63) is 77.9 Å². The van der Waals surface area contributed by atoms with Crippen molar-refractivity contribution in [2.24, 2.45) is 5.10 Å². The van der Waals surface area contributed by atoms with E-state index in [2.05, 4.69) is 10.5 Å². The molecule has 0 saturated carbocycles. The van der Waals surface area contributed by atoms with Crippen molar-refractivity contribution < 1.29 is 32.2 Å². The highest BCUT2D eigenvalue weighted by Crippen LogP contribution is 2.31. The van der Waals surface area contributed by atoms with Crippen molar-refractivity contribution in [1.29, 1.82) is 0 Å². The molecule has 10 nitrogen and oxygen atoms in total. The highest BCUT2D eigenvalue weighted by atomic mass is 32.2. The summed E-state index contributed by atoms with van der Waals surface area (Å²) in [5.41, 5.74) is 3.70.